The molecular formula is C31H49N5O4. The summed E-state index contributed by atoms with van der Waals surface area (Å²) < 4.78 is 10.7. The number of hydrogen-bond acceptors (Lipinski definition) is 9. The summed E-state index contributed by atoms with van der Waals surface area (Å²) in [6.45, 7) is 2.80. The zero-order valence-corrected chi connectivity index (χ0v) is 24.5. The minimum atomic E-state index is -0.415. The first-order valence-electron chi connectivity index (χ1n) is 15.8. The maximum atomic E-state index is 13.5. The van der Waals surface area contributed by atoms with E-state index in [9.17, 15) is 9.59 Å². The second kappa shape index (κ2) is 14.2. The van der Waals surface area contributed by atoms with Crippen LogP contribution >= 0.6 is 0 Å². The number of rotatable bonds is 3. The van der Waals surface area contributed by atoms with Crippen molar-refractivity contribution in [3.8, 4) is 0 Å². The molecule has 4 N–H and O–H groups in total. The van der Waals surface area contributed by atoms with E-state index >= 15 is 0 Å². The van der Waals surface area contributed by atoms with Crippen LogP contribution < -0.4 is 21.3 Å². The van der Waals surface area contributed by atoms with Crippen LogP contribution in [-0.4, -0.2) is 68.4 Å². The second-order valence-electron chi connectivity index (χ2n) is 12.2. The lowest BCUT2D eigenvalue weighted by Gasteiger charge is -2.34. The third-order valence-corrected chi connectivity index (χ3v) is 9.71. The smallest absolute Gasteiger partial charge is 0.340 e. The molecule has 222 valence electrons. The zero-order valence-electron chi connectivity index (χ0n) is 24.5. The Morgan fingerprint density at radius 2 is 1.00 bits per heavy atom. The maximum Gasteiger partial charge on any atom is 0.340 e. The first-order chi connectivity index (χ1) is 19.6. The lowest BCUT2D eigenvalue weighted by Crippen LogP contribution is -2.53. The van der Waals surface area contributed by atoms with Crippen LogP contribution in [0.5, 0.6) is 0 Å². The van der Waals surface area contributed by atoms with E-state index in [1.54, 1.807) is 0 Å². The number of pyridine rings is 1. The van der Waals surface area contributed by atoms with Crippen LogP contribution in [0.25, 0.3) is 0 Å². The minimum absolute atomic E-state index is 0.104. The average Bonchev–Trinajstić information content (AvgIpc) is 3.01. The van der Waals surface area contributed by atoms with Gasteiger partial charge < -0.3 is 30.7 Å². The maximum absolute atomic E-state index is 13.5. The highest BCUT2D eigenvalue weighted by Gasteiger charge is 2.35. The largest absolute Gasteiger partial charge is 0.465 e. The minimum Gasteiger partial charge on any atom is -0.465 e. The van der Waals surface area contributed by atoms with Crippen molar-refractivity contribution in [2.45, 2.75) is 127 Å². The number of ether oxygens (including phenoxy) is 2. The number of nitrogens with zero attached hydrogens (tertiary/aromatic N) is 1. The first kappa shape index (κ1) is 29.4. The molecule has 9 heteroatoms. The van der Waals surface area contributed by atoms with Gasteiger partial charge in [0.05, 0.1) is 36.7 Å². The summed E-state index contributed by atoms with van der Waals surface area (Å²) in [5.41, 5.74) is 3.10. The molecule has 4 aliphatic rings. The van der Waals surface area contributed by atoms with Crippen LogP contribution in [0.1, 0.15) is 127 Å². The van der Waals surface area contributed by atoms with E-state index in [1.165, 1.54) is 46.3 Å². The number of aromatic nitrogens is 1. The van der Waals surface area contributed by atoms with Crippen LogP contribution in [-0.2, 0) is 22.6 Å². The summed E-state index contributed by atoms with van der Waals surface area (Å²) in [7, 11) is 2.84. The van der Waals surface area contributed by atoms with E-state index in [0.717, 1.165) is 70.0 Å². The molecule has 1 aliphatic heterocycles. The Balaban J connectivity index is 1.61. The number of nitrogens with one attached hydrogen (secondary N) is 4. The van der Waals surface area contributed by atoms with Crippen LogP contribution in [0.3, 0.4) is 0 Å². The topological polar surface area (TPSA) is 114 Å². The van der Waals surface area contributed by atoms with E-state index < -0.39 is 11.9 Å². The van der Waals surface area contributed by atoms with Gasteiger partial charge in [0.25, 0.3) is 0 Å². The Morgan fingerprint density at radius 3 is 1.43 bits per heavy atom. The summed E-state index contributed by atoms with van der Waals surface area (Å²) in [5.74, 6) is -0.725. The van der Waals surface area contributed by atoms with Crippen LogP contribution in [0.2, 0.25) is 0 Å². The third kappa shape index (κ3) is 6.69. The van der Waals surface area contributed by atoms with Crippen LogP contribution in [0.4, 0.5) is 0 Å². The normalized spacial score (nSPS) is 28.8. The number of esters is 2. The van der Waals surface area contributed by atoms with Gasteiger partial charge in [0.1, 0.15) is 0 Å². The molecule has 2 bridgehead atoms. The van der Waals surface area contributed by atoms with Gasteiger partial charge in [0.15, 0.2) is 0 Å². The fourth-order valence-corrected chi connectivity index (χ4v) is 7.64. The number of fused-ring (bicyclic) bond motifs is 4. The van der Waals surface area contributed by atoms with Gasteiger partial charge in [0, 0.05) is 50.3 Å². The lowest BCUT2D eigenvalue weighted by atomic mass is 9.79. The van der Waals surface area contributed by atoms with Gasteiger partial charge in [-0.1, -0.05) is 44.9 Å². The summed E-state index contributed by atoms with van der Waals surface area (Å²) >= 11 is 0. The highest BCUT2D eigenvalue weighted by molar-refractivity contribution is 5.99. The van der Waals surface area contributed by atoms with Gasteiger partial charge in [-0.2, -0.15) is 0 Å². The molecule has 0 amide bonds. The number of carbonyl (C=O) groups is 2. The molecule has 2 heterocycles. The summed E-state index contributed by atoms with van der Waals surface area (Å²) in [5, 5.41) is 15.2. The van der Waals surface area contributed by atoms with Crippen molar-refractivity contribution in [2.75, 3.05) is 27.3 Å². The molecule has 0 spiro atoms. The monoisotopic (exact) mass is 555 g/mol. The lowest BCUT2D eigenvalue weighted by molar-refractivity contribution is 0.0591. The molecule has 0 aromatic carbocycles. The number of methoxy groups -OCH3 is 2. The number of carbonyl (C=O) groups excluding carboxylic acids is 2. The van der Waals surface area contributed by atoms with Gasteiger partial charge in [-0.3, -0.25) is 4.98 Å². The Hall–Kier alpha value is -2.07. The zero-order chi connectivity index (χ0) is 27.9. The van der Waals surface area contributed by atoms with E-state index in [2.05, 4.69) is 21.3 Å². The highest BCUT2D eigenvalue weighted by Crippen LogP contribution is 2.39. The van der Waals surface area contributed by atoms with Crippen molar-refractivity contribution in [1.82, 2.24) is 26.3 Å². The van der Waals surface area contributed by atoms with E-state index in [1.807, 2.05) is 0 Å². The molecule has 3 aliphatic carbocycles. The van der Waals surface area contributed by atoms with Crippen molar-refractivity contribution in [1.29, 1.82) is 0 Å². The van der Waals surface area contributed by atoms with Gasteiger partial charge >= 0.3 is 11.9 Å². The molecule has 9 nitrogen and oxygen atoms in total. The molecular weight excluding hydrogens is 506 g/mol. The van der Waals surface area contributed by atoms with Gasteiger partial charge in [-0.25, -0.2) is 9.59 Å². The predicted molar refractivity (Wildman–Crippen MR) is 155 cm³/mol. The van der Waals surface area contributed by atoms with E-state index in [0.29, 0.717) is 59.8 Å². The Bertz CT molecular complexity index is 959. The standard InChI is InChI=1S/C31H49N5O4/c1-39-30(37)28-25-18-34-23-14-8-6-12-21(23)32-16-17-33-22-13-7-9-15-24(22)35-19-26(36-25)29(31(38)40-2)27(28)20-10-4-3-5-11-20/h20-24,32-35H,3-19H2,1-2H3/t21-,22?,23-,24?/m1/s1. The molecule has 0 radical (unpaired) electrons. The molecule has 0 saturated heterocycles. The Morgan fingerprint density at radius 1 is 0.600 bits per heavy atom. The SMILES string of the molecule is COC(=O)c1c2nc(c(C(=O)OC)c1C1CCCCC1)CN[C@@H]1CCCC[C@H]1NCCNC1CCCCC1NC2. The number of hydrogen-bond donors (Lipinski definition) is 4. The molecule has 3 fully saturated rings. The summed E-state index contributed by atoms with van der Waals surface area (Å²) in [6, 6.07) is 1.37. The highest BCUT2D eigenvalue weighted by atomic mass is 16.5. The van der Waals surface area contributed by atoms with Crippen molar-refractivity contribution >= 4 is 11.9 Å². The first-order valence-corrected chi connectivity index (χ1v) is 15.8. The summed E-state index contributed by atoms with van der Waals surface area (Å²) in [6.07, 6.45) is 14.5. The average molecular weight is 556 g/mol. The third-order valence-electron chi connectivity index (χ3n) is 9.71. The van der Waals surface area contributed by atoms with Gasteiger partial charge in [0.2, 0.25) is 0 Å². The fourth-order valence-electron chi connectivity index (χ4n) is 7.64. The van der Waals surface area contributed by atoms with Gasteiger partial charge in [-0.15, -0.1) is 0 Å². The molecule has 40 heavy (non-hydrogen) atoms. The van der Waals surface area contributed by atoms with E-state index in [-0.39, 0.29) is 5.92 Å². The van der Waals surface area contributed by atoms with Crippen molar-refractivity contribution in [3.05, 3.63) is 28.1 Å². The fraction of sp³-hybridized carbons (Fsp3) is 0.774. The van der Waals surface area contributed by atoms with Crippen molar-refractivity contribution < 1.29 is 19.1 Å². The molecule has 4 atom stereocenters. The second-order valence-corrected chi connectivity index (χ2v) is 12.2. The Kier molecular flexibility index (Phi) is 10.5. The van der Waals surface area contributed by atoms with Crippen molar-refractivity contribution in [3.63, 3.8) is 0 Å². The molecule has 1 aromatic rings. The molecule has 3 saturated carbocycles. The Labute approximate surface area is 239 Å². The van der Waals surface area contributed by atoms with Gasteiger partial charge in [-0.05, 0) is 50.0 Å². The summed E-state index contributed by atoms with van der Waals surface area (Å²) in [4.78, 5) is 32.0. The quantitative estimate of drug-likeness (QED) is 0.415. The van der Waals surface area contributed by atoms with Crippen LogP contribution in [0, 0.1) is 0 Å². The molecule has 2 unspecified atom stereocenters. The van der Waals surface area contributed by atoms with E-state index in [4.69, 9.17) is 14.5 Å². The molecule has 5 rings (SSSR count). The van der Waals surface area contributed by atoms with Crippen molar-refractivity contribution in [2.24, 2.45) is 0 Å². The molecule has 1 aromatic heterocycles. The predicted octanol–water partition coefficient (Wildman–Crippen LogP) is 3.70. The van der Waals surface area contributed by atoms with Crippen LogP contribution in [0.15, 0.2) is 0 Å².